The zero-order chi connectivity index (χ0) is 14.7. The SMILES string of the molecule is CCn1cc(C(=O)NCCO)c(=O)c2ccc(I)cc21. The monoisotopic (exact) mass is 386 g/mol. The van der Waals surface area contributed by atoms with Crippen LogP contribution in [0.25, 0.3) is 10.9 Å². The molecule has 0 saturated heterocycles. The third-order valence-corrected chi connectivity index (χ3v) is 3.70. The van der Waals surface area contributed by atoms with Crippen LogP contribution in [0.15, 0.2) is 29.2 Å². The fourth-order valence-corrected chi connectivity index (χ4v) is 2.53. The van der Waals surface area contributed by atoms with Gasteiger partial charge in [-0.3, -0.25) is 9.59 Å². The third kappa shape index (κ3) is 2.85. The second-order valence-corrected chi connectivity index (χ2v) is 5.54. The molecule has 0 spiro atoms. The smallest absolute Gasteiger partial charge is 0.256 e. The molecule has 0 aliphatic rings. The molecule has 1 heterocycles. The third-order valence-electron chi connectivity index (χ3n) is 3.03. The van der Waals surface area contributed by atoms with E-state index in [0.29, 0.717) is 11.9 Å². The Kier molecular flexibility index (Phi) is 4.77. The molecule has 0 fully saturated rings. The molecule has 0 aliphatic carbocycles. The molecule has 0 unspecified atom stereocenters. The number of aliphatic hydroxyl groups is 1. The number of aromatic nitrogens is 1. The first-order valence-corrected chi connectivity index (χ1v) is 7.38. The molecule has 1 amide bonds. The lowest BCUT2D eigenvalue weighted by Crippen LogP contribution is -2.31. The minimum Gasteiger partial charge on any atom is -0.395 e. The van der Waals surface area contributed by atoms with Crippen LogP contribution in [-0.4, -0.2) is 28.7 Å². The molecule has 2 rings (SSSR count). The molecule has 0 bridgehead atoms. The molecule has 1 aromatic carbocycles. The van der Waals surface area contributed by atoms with Crippen LogP contribution in [0.1, 0.15) is 17.3 Å². The van der Waals surface area contributed by atoms with Crippen molar-refractivity contribution in [1.29, 1.82) is 0 Å². The molecular formula is C14H15IN2O3. The van der Waals surface area contributed by atoms with E-state index in [4.69, 9.17) is 5.11 Å². The lowest BCUT2D eigenvalue weighted by Gasteiger charge is -2.12. The second kappa shape index (κ2) is 6.36. The first-order valence-electron chi connectivity index (χ1n) is 6.30. The number of halogens is 1. The zero-order valence-electron chi connectivity index (χ0n) is 11.0. The van der Waals surface area contributed by atoms with Crippen molar-refractivity contribution < 1.29 is 9.90 Å². The highest BCUT2D eigenvalue weighted by Crippen LogP contribution is 2.16. The van der Waals surface area contributed by atoms with E-state index in [-0.39, 0.29) is 24.1 Å². The summed E-state index contributed by atoms with van der Waals surface area (Å²) < 4.78 is 2.92. The molecule has 0 saturated carbocycles. The van der Waals surface area contributed by atoms with Crippen LogP contribution in [0.3, 0.4) is 0 Å². The fourth-order valence-electron chi connectivity index (χ4n) is 2.05. The number of rotatable bonds is 4. The van der Waals surface area contributed by atoms with Crippen LogP contribution in [0.4, 0.5) is 0 Å². The molecule has 1 aromatic heterocycles. The predicted octanol–water partition coefficient (Wildman–Crippen LogP) is 1.35. The number of aryl methyl sites for hydroxylation is 1. The molecule has 0 radical (unpaired) electrons. The van der Waals surface area contributed by atoms with Crippen molar-refractivity contribution in [3.05, 3.63) is 43.8 Å². The van der Waals surface area contributed by atoms with E-state index in [2.05, 4.69) is 27.9 Å². The summed E-state index contributed by atoms with van der Waals surface area (Å²) in [6.45, 7) is 2.60. The number of hydrogen-bond acceptors (Lipinski definition) is 3. The van der Waals surface area contributed by atoms with Crippen molar-refractivity contribution in [3.63, 3.8) is 0 Å². The van der Waals surface area contributed by atoms with Gasteiger partial charge in [-0.05, 0) is 47.7 Å². The standard InChI is InChI=1S/C14H15IN2O3/c1-2-17-8-11(14(20)16-5-6-18)13(19)10-4-3-9(15)7-12(10)17/h3-4,7-8,18H,2,5-6H2,1H3,(H,16,20). The Bertz CT molecular complexity index is 709. The highest BCUT2D eigenvalue weighted by atomic mass is 127. The maximum Gasteiger partial charge on any atom is 0.256 e. The summed E-state index contributed by atoms with van der Waals surface area (Å²) in [5.74, 6) is -0.452. The first kappa shape index (κ1) is 15.0. The summed E-state index contributed by atoms with van der Waals surface area (Å²) in [6, 6.07) is 5.52. The number of carbonyl (C=O) groups is 1. The average molecular weight is 386 g/mol. The minimum atomic E-state index is -0.452. The van der Waals surface area contributed by atoms with Gasteiger partial charge >= 0.3 is 0 Å². The van der Waals surface area contributed by atoms with Gasteiger partial charge in [0.2, 0.25) is 5.43 Å². The number of carbonyl (C=O) groups excluding carboxylic acids is 1. The van der Waals surface area contributed by atoms with E-state index >= 15 is 0 Å². The molecule has 2 aromatic rings. The van der Waals surface area contributed by atoms with Gasteiger partial charge in [0.05, 0.1) is 12.1 Å². The molecular weight excluding hydrogens is 371 g/mol. The Morgan fingerprint density at radius 1 is 1.45 bits per heavy atom. The Morgan fingerprint density at radius 2 is 2.20 bits per heavy atom. The minimum absolute atomic E-state index is 0.106. The molecule has 6 heteroatoms. The van der Waals surface area contributed by atoms with Gasteiger partial charge in [0.1, 0.15) is 5.56 Å². The van der Waals surface area contributed by atoms with Crippen LogP contribution in [-0.2, 0) is 6.54 Å². The number of nitrogens with zero attached hydrogens (tertiary/aromatic N) is 1. The van der Waals surface area contributed by atoms with E-state index in [1.807, 2.05) is 23.6 Å². The first-order chi connectivity index (χ1) is 9.58. The van der Waals surface area contributed by atoms with Crippen molar-refractivity contribution in [2.75, 3.05) is 13.2 Å². The zero-order valence-corrected chi connectivity index (χ0v) is 13.2. The van der Waals surface area contributed by atoms with Crippen molar-refractivity contribution in [2.45, 2.75) is 13.5 Å². The van der Waals surface area contributed by atoms with Gasteiger partial charge in [0.15, 0.2) is 0 Å². The predicted molar refractivity (Wildman–Crippen MR) is 86.0 cm³/mol. The topological polar surface area (TPSA) is 71.3 Å². The molecule has 20 heavy (non-hydrogen) atoms. The number of benzene rings is 1. The van der Waals surface area contributed by atoms with Crippen molar-refractivity contribution in [1.82, 2.24) is 9.88 Å². The Balaban J connectivity index is 2.63. The van der Waals surface area contributed by atoms with Crippen LogP contribution in [0, 0.1) is 3.57 Å². The van der Waals surface area contributed by atoms with Crippen molar-refractivity contribution in [2.24, 2.45) is 0 Å². The van der Waals surface area contributed by atoms with Crippen LogP contribution < -0.4 is 10.7 Å². The summed E-state index contributed by atoms with van der Waals surface area (Å²) in [7, 11) is 0. The Hall–Kier alpha value is -1.41. The van der Waals surface area contributed by atoms with Gasteiger partial charge in [0, 0.05) is 28.2 Å². The van der Waals surface area contributed by atoms with Gasteiger partial charge in [0.25, 0.3) is 5.91 Å². The van der Waals surface area contributed by atoms with Crippen molar-refractivity contribution in [3.8, 4) is 0 Å². The fraction of sp³-hybridized carbons (Fsp3) is 0.286. The highest BCUT2D eigenvalue weighted by molar-refractivity contribution is 14.1. The largest absolute Gasteiger partial charge is 0.395 e. The van der Waals surface area contributed by atoms with Gasteiger partial charge in [-0.1, -0.05) is 0 Å². The maximum atomic E-state index is 12.4. The highest BCUT2D eigenvalue weighted by Gasteiger charge is 2.14. The number of amides is 1. The summed E-state index contributed by atoms with van der Waals surface area (Å²) in [6.07, 6.45) is 1.58. The van der Waals surface area contributed by atoms with Crippen molar-refractivity contribution >= 4 is 39.4 Å². The van der Waals surface area contributed by atoms with E-state index < -0.39 is 5.91 Å². The molecule has 0 atom stereocenters. The Labute approximate surface area is 129 Å². The molecule has 106 valence electrons. The average Bonchev–Trinajstić information content (AvgIpc) is 2.45. The van der Waals surface area contributed by atoms with E-state index in [1.165, 1.54) is 0 Å². The van der Waals surface area contributed by atoms with Gasteiger partial charge < -0.3 is 15.0 Å². The van der Waals surface area contributed by atoms with Crippen LogP contribution in [0.2, 0.25) is 0 Å². The molecule has 2 N–H and O–H groups in total. The van der Waals surface area contributed by atoms with E-state index in [9.17, 15) is 9.59 Å². The second-order valence-electron chi connectivity index (χ2n) is 4.30. The number of pyridine rings is 1. The van der Waals surface area contributed by atoms with Gasteiger partial charge in [-0.25, -0.2) is 0 Å². The summed E-state index contributed by atoms with van der Waals surface area (Å²) in [5, 5.41) is 11.8. The number of hydrogen-bond donors (Lipinski definition) is 2. The Morgan fingerprint density at radius 3 is 2.85 bits per heavy atom. The van der Waals surface area contributed by atoms with Gasteiger partial charge in [-0.2, -0.15) is 0 Å². The van der Waals surface area contributed by atoms with E-state index in [1.54, 1.807) is 12.3 Å². The normalized spacial score (nSPS) is 10.8. The lowest BCUT2D eigenvalue weighted by atomic mass is 10.1. The number of aliphatic hydroxyl groups excluding tert-OH is 1. The van der Waals surface area contributed by atoms with Crippen LogP contribution >= 0.6 is 22.6 Å². The number of fused-ring (bicyclic) bond motifs is 1. The van der Waals surface area contributed by atoms with Gasteiger partial charge in [-0.15, -0.1) is 0 Å². The summed E-state index contributed by atoms with van der Waals surface area (Å²) in [5.41, 5.74) is 0.647. The summed E-state index contributed by atoms with van der Waals surface area (Å²) in [4.78, 5) is 24.3. The quantitative estimate of drug-likeness (QED) is 0.780. The maximum absolute atomic E-state index is 12.4. The molecule has 0 aliphatic heterocycles. The van der Waals surface area contributed by atoms with Crippen LogP contribution in [0.5, 0.6) is 0 Å². The van der Waals surface area contributed by atoms with E-state index in [0.717, 1.165) is 9.09 Å². The molecule has 5 nitrogen and oxygen atoms in total. The summed E-state index contributed by atoms with van der Waals surface area (Å²) >= 11 is 2.19. The number of nitrogens with one attached hydrogen (secondary N) is 1. The lowest BCUT2D eigenvalue weighted by molar-refractivity contribution is 0.0943.